The lowest BCUT2D eigenvalue weighted by atomic mass is 10.2. The lowest BCUT2D eigenvalue weighted by Gasteiger charge is -2.21. The molecule has 21 heavy (non-hydrogen) atoms. The first-order chi connectivity index (χ1) is 9.99. The summed E-state index contributed by atoms with van der Waals surface area (Å²) < 4.78 is 0. The molecule has 1 aliphatic rings. The zero-order chi connectivity index (χ0) is 15.4. The van der Waals surface area contributed by atoms with Crippen LogP contribution in [0.3, 0.4) is 0 Å². The number of nitrogens with zero attached hydrogens (tertiary/aromatic N) is 3. The lowest BCUT2D eigenvalue weighted by molar-refractivity contribution is -0.128. The van der Waals surface area contributed by atoms with Crippen LogP contribution in [0.2, 0.25) is 0 Å². The molecular weight excluding hydrogens is 274 g/mol. The monoisotopic (exact) mass is 291 g/mol. The predicted molar refractivity (Wildman–Crippen MR) is 74.0 cm³/mol. The first-order valence-corrected chi connectivity index (χ1v) is 6.73. The molecule has 7 heteroatoms. The Morgan fingerprint density at radius 3 is 2.33 bits per heavy atom. The van der Waals surface area contributed by atoms with E-state index < -0.39 is 5.97 Å². The standard InChI is InChI=1S/C14H17N3O4/c1-10(18)16-5-2-6-17(8-7-16)13(19)11-3-4-12(14(20)21)15-9-11/h3-4,9H,2,5-8H2,1H3,(H,20,21). The van der Waals surface area contributed by atoms with Crippen LogP contribution >= 0.6 is 0 Å². The van der Waals surface area contributed by atoms with Crippen molar-refractivity contribution < 1.29 is 19.5 Å². The fourth-order valence-electron chi connectivity index (χ4n) is 2.26. The van der Waals surface area contributed by atoms with Gasteiger partial charge in [-0.15, -0.1) is 0 Å². The molecule has 0 bridgehead atoms. The lowest BCUT2D eigenvalue weighted by Crippen LogP contribution is -2.36. The second-order valence-electron chi connectivity index (χ2n) is 4.89. The molecule has 1 saturated heterocycles. The number of carboxylic acid groups (broad SMARTS) is 1. The molecule has 1 aromatic rings. The third-order valence-electron chi connectivity index (χ3n) is 3.46. The minimum Gasteiger partial charge on any atom is -0.477 e. The second-order valence-corrected chi connectivity index (χ2v) is 4.89. The normalized spacial score (nSPS) is 15.5. The first-order valence-electron chi connectivity index (χ1n) is 6.73. The van der Waals surface area contributed by atoms with E-state index in [1.54, 1.807) is 9.80 Å². The molecule has 7 nitrogen and oxygen atoms in total. The van der Waals surface area contributed by atoms with Crippen LogP contribution in [-0.4, -0.2) is 63.9 Å². The van der Waals surface area contributed by atoms with Crippen molar-refractivity contribution >= 4 is 17.8 Å². The summed E-state index contributed by atoms with van der Waals surface area (Å²) in [5, 5.41) is 8.79. The van der Waals surface area contributed by atoms with Gasteiger partial charge in [0.05, 0.1) is 5.56 Å². The maximum Gasteiger partial charge on any atom is 0.354 e. The molecule has 1 aliphatic heterocycles. The Hall–Kier alpha value is -2.44. The molecular formula is C14H17N3O4. The van der Waals surface area contributed by atoms with Gasteiger partial charge in [0.25, 0.3) is 5.91 Å². The fourth-order valence-corrected chi connectivity index (χ4v) is 2.26. The van der Waals surface area contributed by atoms with Crippen molar-refractivity contribution in [2.75, 3.05) is 26.2 Å². The van der Waals surface area contributed by atoms with E-state index in [-0.39, 0.29) is 17.5 Å². The van der Waals surface area contributed by atoms with Crippen molar-refractivity contribution in [2.45, 2.75) is 13.3 Å². The van der Waals surface area contributed by atoms with Gasteiger partial charge in [-0.3, -0.25) is 9.59 Å². The molecule has 0 unspecified atom stereocenters. The van der Waals surface area contributed by atoms with E-state index in [0.29, 0.717) is 31.7 Å². The first kappa shape index (κ1) is 15.0. The second kappa shape index (κ2) is 6.34. The van der Waals surface area contributed by atoms with Crippen LogP contribution in [0.4, 0.5) is 0 Å². The van der Waals surface area contributed by atoms with Crippen LogP contribution in [0.1, 0.15) is 34.2 Å². The molecule has 0 radical (unpaired) electrons. The van der Waals surface area contributed by atoms with E-state index in [0.717, 1.165) is 6.42 Å². The van der Waals surface area contributed by atoms with Gasteiger partial charge in [-0.1, -0.05) is 0 Å². The van der Waals surface area contributed by atoms with Gasteiger partial charge in [0.15, 0.2) is 0 Å². The zero-order valence-corrected chi connectivity index (χ0v) is 11.8. The zero-order valence-electron chi connectivity index (χ0n) is 11.8. The van der Waals surface area contributed by atoms with E-state index in [4.69, 9.17) is 5.11 Å². The molecule has 1 fully saturated rings. The van der Waals surface area contributed by atoms with E-state index in [2.05, 4.69) is 4.98 Å². The molecule has 0 aliphatic carbocycles. The average molecular weight is 291 g/mol. The van der Waals surface area contributed by atoms with Gasteiger partial charge in [0.2, 0.25) is 5.91 Å². The maximum absolute atomic E-state index is 12.3. The molecule has 0 saturated carbocycles. The summed E-state index contributed by atoms with van der Waals surface area (Å²) >= 11 is 0. The number of aromatic carboxylic acids is 1. The van der Waals surface area contributed by atoms with E-state index in [1.807, 2.05) is 0 Å². The van der Waals surface area contributed by atoms with Crippen molar-refractivity contribution in [1.29, 1.82) is 0 Å². The average Bonchev–Trinajstić information content (AvgIpc) is 2.72. The van der Waals surface area contributed by atoms with Crippen molar-refractivity contribution in [1.82, 2.24) is 14.8 Å². The third kappa shape index (κ3) is 3.56. The van der Waals surface area contributed by atoms with Gasteiger partial charge in [-0.05, 0) is 18.6 Å². The topological polar surface area (TPSA) is 90.8 Å². The predicted octanol–water partition coefficient (Wildman–Crippen LogP) is 0.474. The van der Waals surface area contributed by atoms with Gasteiger partial charge >= 0.3 is 5.97 Å². The van der Waals surface area contributed by atoms with Crippen LogP contribution in [0.5, 0.6) is 0 Å². The van der Waals surface area contributed by atoms with Crippen molar-refractivity contribution in [3.63, 3.8) is 0 Å². The Bertz CT molecular complexity index is 556. The number of aromatic nitrogens is 1. The molecule has 112 valence electrons. The quantitative estimate of drug-likeness (QED) is 0.855. The number of carbonyl (C=O) groups is 3. The molecule has 0 atom stereocenters. The summed E-state index contributed by atoms with van der Waals surface area (Å²) in [6.45, 7) is 3.73. The van der Waals surface area contributed by atoms with Gasteiger partial charge in [0, 0.05) is 39.3 Å². The van der Waals surface area contributed by atoms with Gasteiger partial charge in [-0.2, -0.15) is 0 Å². The summed E-state index contributed by atoms with van der Waals surface area (Å²) in [5.41, 5.74) is 0.265. The Labute approximate surface area is 122 Å². The highest BCUT2D eigenvalue weighted by molar-refractivity contribution is 5.95. The van der Waals surface area contributed by atoms with Crippen LogP contribution < -0.4 is 0 Å². The number of pyridine rings is 1. The molecule has 0 spiro atoms. The van der Waals surface area contributed by atoms with Crippen LogP contribution in [-0.2, 0) is 4.79 Å². The Morgan fingerprint density at radius 2 is 1.76 bits per heavy atom. The molecule has 2 rings (SSSR count). The smallest absolute Gasteiger partial charge is 0.354 e. The van der Waals surface area contributed by atoms with Crippen molar-refractivity contribution in [2.24, 2.45) is 0 Å². The number of carbonyl (C=O) groups excluding carboxylic acids is 2. The summed E-state index contributed by atoms with van der Waals surface area (Å²) in [7, 11) is 0. The Balaban J connectivity index is 2.05. The largest absolute Gasteiger partial charge is 0.477 e. The number of carboxylic acids is 1. The summed E-state index contributed by atoms with van der Waals surface area (Å²) in [6.07, 6.45) is 2.01. The number of rotatable bonds is 2. The van der Waals surface area contributed by atoms with Gasteiger partial charge in [-0.25, -0.2) is 9.78 Å². The summed E-state index contributed by atoms with van der Waals surface area (Å²) in [6, 6.07) is 2.78. The van der Waals surface area contributed by atoms with Crippen molar-refractivity contribution in [3.8, 4) is 0 Å². The van der Waals surface area contributed by atoms with Gasteiger partial charge in [0.1, 0.15) is 5.69 Å². The fraction of sp³-hybridized carbons (Fsp3) is 0.429. The molecule has 0 aromatic carbocycles. The number of hydrogen-bond donors (Lipinski definition) is 1. The number of hydrogen-bond acceptors (Lipinski definition) is 4. The molecule has 1 aromatic heterocycles. The summed E-state index contributed by atoms with van der Waals surface area (Å²) in [4.78, 5) is 41.6. The van der Waals surface area contributed by atoms with Crippen LogP contribution in [0.15, 0.2) is 18.3 Å². The van der Waals surface area contributed by atoms with E-state index in [9.17, 15) is 14.4 Å². The molecule has 2 amide bonds. The SMILES string of the molecule is CC(=O)N1CCCN(C(=O)c2ccc(C(=O)O)nc2)CC1. The van der Waals surface area contributed by atoms with Crippen molar-refractivity contribution in [3.05, 3.63) is 29.6 Å². The minimum absolute atomic E-state index is 0.0109. The van der Waals surface area contributed by atoms with Crippen LogP contribution in [0.25, 0.3) is 0 Å². The maximum atomic E-state index is 12.3. The van der Waals surface area contributed by atoms with Gasteiger partial charge < -0.3 is 14.9 Å². The highest BCUT2D eigenvalue weighted by atomic mass is 16.4. The van der Waals surface area contributed by atoms with Crippen LogP contribution in [0, 0.1) is 0 Å². The summed E-state index contributed by atoms with van der Waals surface area (Å²) in [5.74, 6) is -1.30. The van der Waals surface area contributed by atoms with E-state index >= 15 is 0 Å². The Kier molecular flexibility index (Phi) is 4.52. The Morgan fingerprint density at radius 1 is 1.10 bits per heavy atom. The van der Waals surface area contributed by atoms with E-state index in [1.165, 1.54) is 25.3 Å². The molecule has 2 heterocycles. The molecule has 1 N–H and O–H groups in total. The highest BCUT2D eigenvalue weighted by Crippen LogP contribution is 2.09. The minimum atomic E-state index is -1.12. The highest BCUT2D eigenvalue weighted by Gasteiger charge is 2.21. The number of amides is 2. The third-order valence-corrected chi connectivity index (χ3v) is 3.46.